The number of aliphatic hydroxyl groups excluding tert-OH is 1. The van der Waals surface area contributed by atoms with Crippen molar-refractivity contribution >= 4 is 10.9 Å². The molecule has 1 aromatic carbocycles. The molecule has 2 N–H and O–H groups in total. The Hall–Kier alpha value is -1.88. The molecule has 84 valence electrons. The highest BCUT2D eigenvalue weighted by molar-refractivity contribution is 5.79. The van der Waals surface area contributed by atoms with E-state index in [1.807, 2.05) is 0 Å². The molecule has 0 aliphatic rings. The van der Waals surface area contributed by atoms with Gasteiger partial charge < -0.3 is 14.8 Å². The molecular weight excluding hydrogens is 208 g/mol. The number of aromatic amines is 1. The molecule has 0 aliphatic carbocycles. The number of nitrogens with zero attached hydrogens (tertiary/aromatic N) is 1. The summed E-state index contributed by atoms with van der Waals surface area (Å²) in [6.07, 6.45) is -0.792. The van der Waals surface area contributed by atoms with E-state index in [0.29, 0.717) is 16.7 Å². The van der Waals surface area contributed by atoms with Gasteiger partial charge in [0.25, 0.3) is 5.56 Å². The van der Waals surface area contributed by atoms with Gasteiger partial charge in [-0.05, 0) is 25.1 Å². The highest BCUT2D eigenvalue weighted by atomic mass is 16.5. The predicted octanol–water partition coefficient (Wildman–Crippen LogP) is 0.985. The fourth-order valence-electron chi connectivity index (χ4n) is 1.46. The number of aliphatic hydroxyl groups is 1. The van der Waals surface area contributed by atoms with E-state index in [-0.39, 0.29) is 11.4 Å². The first-order chi connectivity index (χ1) is 7.61. The zero-order valence-corrected chi connectivity index (χ0v) is 9.02. The number of hydrogen-bond acceptors (Lipinski definition) is 4. The summed E-state index contributed by atoms with van der Waals surface area (Å²) in [6.45, 7) is 1.55. The first-order valence-electron chi connectivity index (χ1n) is 4.88. The lowest BCUT2D eigenvalue weighted by atomic mass is 10.2. The van der Waals surface area contributed by atoms with E-state index in [1.54, 1.807) is 25.1 Å². The van der Waals surface area contributed by atoms with Crippen molar-refractivity contribution in [2.24, 2.45) is 0 Å². The molecule has 2 aromatic rings. The van der Waals surface area contributed by atoms with Gasteiger partial charge in [0.1, 0.15) is 17.7 Å². The molecule has 2 rings (SSSR count). The molecule has 0 unspecified atom stereocenters. The van der Waals surface area contributed by atoms with Crippen molar-refractivity contribution in [1.82, 2.24) is 9.97 Å². The maximum absolute atomic E-state index is 11.7. The van der Waals surface area contributed by atoms with Gasteiger partial charge in [0.15, 0.2) is 0 Å². The first kappa shape index (κ1) is 10.6. The zero-order valence-electron chi connectivity index (χ0n) is 9.02. The average Bonchev–Trinajstić information content (AvgIpc) is 2.28. The fraction of sp³-hybridized carbons (Fsp3) is 0.273. The number of fused-ring (bicyclic) bond motifs is 1. The van der Waals surface area contributed by atoms with Gasteiger partial charge in [-0.2, -0.15) is 0 Å². The lowest BCUT2D eigenvalue weighted by Gasteiger charge is -2.06. The zero-order chi connectivity index (χ0) is 11.7. The minimum Gasteiger partial charge on any atom is -0.497 e. The average molecular weight is 220 g/mol. The number of nitrogens with one attached hydrogen (secondary N) is 1. The molecule has 1 aromatic heterocycles. The van der Waals surface area contributed by atoms with Crippen molar-refractivity contribution in [2.45, 2.75) is 13.0 Å². The quantitative estimate of drug-likeness (QED) is 0.791. The standard InChI is InChI=1S/C11H12N2O3/c1-6(14)10-12-9-4-3-7(16-2)5-8(9)11(15)13-10/h3-6,14H,1-2H3,(H,12,13,15)/t6-/m0/s1. The molecule has 16 heavy (non-hydrogen) atoms. The van der Waals surface area contributed by atoms with Crippen LogP contribution in [0.25, 0.3) is 10.9 Å². The van der Waals surface area contributed by atoms with E-state index in [0.717, 1.165) is 0 Å². The monoisotopic (exact) mass is 220 g/mol. The van der Waals surface area contributed by atoms with Crippen LogP contribution in [0.15, 0.2) is 23.0 Å². The SMILES string of the molecule is COc1ccc2nc([C@H](C)O)[nH]c(=O)c2c1. The van der Waals surface area contributed by atoms with Crippen molar-refractivity contribution in [3.63, 3.8) is 0 Å². The van der Waals surface area contributed by atoms with Crippen LogP contribution in [0.1, 0.15) is 18.9 Å². The summed E-state index contributed by atoms with van der Waals surface area (Å²) in [4.78, 5) is 18.4. The number of rotatable bonds is 2. The Balaban J connectivity index is 2.71. The number of benzene rings is 1. The van der Waals surface area contributed by atoms with Crippen LogP contribution in [-0.2, 0) is 0 Å². The molecule has 0 fully saturated rings. The van der Waals surface area contributed by atoms with Gasteiger partial charge in [0, 0.05) is 0 Å². The summed E-state index contributed by atoms with van der Waals surface area (Å²) in [5.41, 5.74) is 0.264. The van der Waals surface area contributed by atoms with Crippen LogP contribution in [0.3, 0.4) is 0 Å². The maximum Gasteiger partial charge on any atom is 0.258 e. The van der Waals surface area contributed by atoms with Crippen molar-refractivity contribution in [3.05, 3.63) is 34.4 Å². The number of ether oxygens (including phenoxy) is 1. The summed E-state index contributed by atoms with van der Waals surface area (Å²) in [5.74, 6) is 0.868. The van der Waals surface area contributed by atoms with Crippen LogP contribution in [0.5, 0.6) is 5.75 Å². The van der Waals surface area contributed by atoms with Gasteiger partial charge in [0.05, 0.1) is 18.0 Å². The molecule has 0 saturated carbocycles. The molecule has 0 saturated heterocycles. The summed E-state index contributed by atoms with van der Waals surface area (Å²) in [7, 11) is 1.53. The molecule has 5 heteroatoms. The number of aromatic nitrogens is 2. The van der Waals surface area contributed by atoms with Gasteiger partial charge >= 0.3 is 0 Å². The van der Waals surface area contributed by atoms with Crippen LogP contribution in [0, 0.1) is 0 Å². The van der Waals surface area contributed by atoms with Crippen LogP contribution in [-0.4, -0.2) is 22.2 Å². The highest BCUT2D eigenvalue weighted by Gasteiger charge is 2.08. The Morgan fingerprint density at radius 1 is 1.50 bits per heavy atom. The Morgan fingerprint density at radius 2 is 2.25 bits per heavy atom. The van der Waals surface area contributed by atoms with E-state index in [9.17, 15) is 9.90 Å². The molecule has 0 spiro atoms. The summed E-state index contributed by atoms with van der Waals surface area (Å²) in [5, 5.41) is 9.80. The van der Waals surface area contributed by atoms with Gasteiger partial charge in [-0.1, -0.05) is 0 Å². The second-order valence-electron chi connectivity index (χ2n) is 3.51. The van der Waals surface area contributed by atoms with Gasteiger partial charge in [-0.25, -0.2) is 4.98 Å². The topological polar surface area (TPSA) is 75.2 Å². The Bertz CT molecular complexity index is 575. The van der Waals surface area contributed by atoms with Crippen LogP contribution in [0.4, 0.5) is 0 Å². The minimum absolute atomic E-state index is 0.266. The summed E-state index contributed by atoms with van der Waals surface area (Å²) >= 11 is 0. The predicted molar refractivity (Wildman–Crippen MR) is 59.5 cm³/mol. The summed E-state index contributed by atoms with van der Waals surface area (Å²) in [6, 6.07) is 5.03. The van der Waals surface area contributed by atoms with Crippen molar-refractivity contribution in [3.8, 4) is 5.75 Å². The number of methoxy groups -OCH3 is 1. The van der Waals surface area contributed by atoms with E-state index in [2.05, 4.69) is 9.97 Å². The second kappa shape index (κ2) is 3.94. The van der Waals surface area contributed by atoms with Crippen molar-refractivity contribution < 1.29 is 9.84 Å². The molecule has 1 atom stereocenters. The first-order valence-corrected chi connectivity index (χ1v) is 4.88. The molecule has 5 nitrogen and oxygen atoms in total. The van der Waals surface area contributed by atoms with Gasteiger partial charge in [-0.15, -0.1) is 0 Å². The third kappa shape index (κ3) is 1.77. The molecular formula is C11H12N2O3. The molecule has 0 aliphatic heterocycles. The number of hydrogen-bond donors (Lipinski definition) is 2. The van der Waals surface area contributed by atoms with E-state index in [4.69, 9.17) is 4.74 Å². The van der Waals surface area contributed by atoms with Crippen LogP contribution < -0.4 is 10.3 Å². The van der Waals surface area contributed by atoms with Crippen LogP contribution in [0.2, 0.25) is 0 Å². The fourth-order valence-corrected chi connectivity index (χ4v) is 1.46. The molecule has 0 radical (unpaired) electrons. The van der Waals surface area contributed by atoms with Crippen molar-refractivity contribution in [2.75, 3.05) is 7.11 Å². The third-order valence-electron chi connectivity index (χ3n) is 2.33. The van der Waals surface area contributed by atoms with Gasteiger partial charge in [0.2, 0.25) is 0 Å². The molecule has 0 bridgehead atoms. The van der Waals surface area contributed by atoms with E-state index < -0.39 is 6.10 Å². The Morgan fingerprint density at radius 3 is 2.88 bits per heavy atom. The van der Waals surface area contributed by atoms with Crippen molar-refractivity contribution in [1.29, 1.82) is 0 Å². The maximum atomic E-state index is 11.7. The Labute approximate surface area is 91.7 Å². The minimum atomic E-state index is -0.792. The Kier molecular flexibility index (Phi) is 2.62. The summed E-state index contributed by atoms with van der Waals surface area (Å²) < 4.78 is 5.03. The second-order valence-corrected chi connectivity index (χ2v) is 3.51. The van der Waals surface area contributed by atoms with E-state index in [1.165, 1.54) is 7.11 Å². The van der Waals surface area contributed by atoms with Crippen LogP contribution >= 0.6 is 0 Å². The lowest BCUT2D eigenvalue weighted by Crippen LogP contribution is -2.13. The molecule has 1 heterocycles. The lowest BCUT2D eigenvalue weighted by molar-refractivity contribution is 0.189. The highest BCUT2D eigenvalue weighted by Crippen LogP contribution is 2.17. The normalized spacial score (nSPS) is 12.7. The third-order valence-corrected chi connectivity index (χ3v) is 2.33. The molecule has 0 amide bonds. The largest absolute Gasteiger partial charge is 0.497 e. The van der Waals surface area contributed by atoms with Gasteiger partial charge in [-0.3, -0.25) is 4.79 Å². The smallest absolute Gasteiger partial charge is 0.258 e. The van der Waals surface area contributed by atoms with E-state index >= 15 is 0 Å². The number of H-pyrrole nitrogens is 1.